The van der Waals surface area contributed by atoms with E-state index in [0.29, 0.717) is 12.8 Å². The Balaban J connectivity index is 3.71. The second kappa shape index (κ2) is 4.81. The Hall–Kier alpha value is 0.0200. The molecule has 1 atom stereocenters. The van der Waals surface area contributed by atoms with Crippen molar-refractivity contribution in [1.29, 1.82) is 0 Å². The van der Waals surface area contributed by atoms with Crippen LogP contribution in [0.15, 0.2) is 23.2 Å². The van der Waals surface area contributed by atoms with Gasteiger partial charge < -0.3 is 5.11 Å². The molecule has 0 aliphatic heterocycles. The highest BCUT2D eigenvalue weighted by Gasteiger charge is 2.12. The van der Waals surface area contributed by atoms with E-state index in [1.54, 1.807) is 13.0 Å². The lowest BCUT2D eigenvalue weighted by molar-refractivity contribution is 0.103. The van der Waals surface area contributed by atoms with E-state index in [-0.39, 0.29) is 4.49 Å². The van der Waals surface area contributed by atoms with Crippen LogP contribution in [0.25, 0.3) is 0 Å². The van der Waals surface area contributed by atoms with Gasteiger partial charge in [-0.25, -0.2) is 0 Å². The lowest BCUT2D eigenvalue weighted by Crippen LogP contribution is -2.19. The van der Waals surface area contributed by atoms with E-state index in [1.807, 2.05) is 0 Å². The average molecular weight is 195 g/mol. The molecule has 11 heavy (non-hydrogen) atoms. The zero-order valence-electron chi connectivity index (χ0n) is 6.48. The van der Waals surface area contributed by atoms with Gasteiger partial charge in [-0.3, -0.25) is 0 Å². The molecule has 1 N–H and O–H groups in total. The molecule has 3 heteroatoms. The van der Waals surface area contributed by atoms with Gasteiger partial charge >= 0.3 is 0 Å². The van der Waals surface area contributed by atoms with E-state index >= 15 is 0 Å². The zero-order valence-corrected chi connectivity index (χ0v) is 7.99. The van der Waals surface area contributed by atoms with E-state index in [4.69, 9.17) is 23.2 Å². The van der Waals surface area contributed by atoms with Gasteiger partial charge in [0, 0.05) is 0 Å². The van der Waals surface area contributed by atoms with Crippen LogP contribution in [-0.4, -0.2) is 10.7 Å². The molecule has 1 unspecified atom stereocenters. The zero-order chi connectivity index (χ0) is 8.91. The Morgan fingerprint density at radius 1 is 1.64 bits per heavy atom. The van der Waals surface area contributed by atoms with Gasteiger partial charge in [0.25, 0.3) is 0 Å². The molecule has 0 radical (unpaired) electrons. The Morgan fingerprint density at radius 2 is 2.18 bits per heavy atom. The number of allylic oxidation sites excluding steroid dienone is 1. The Bertz CT molecular complexity index is 157. The highest BCUT2D eigenvalue weighted by atomic mass is 35.5. The van der Waals surface area contributed by atoms with Gasteiger partial charge in [-0.15, -0.1) is 6.58 Å². The standard InChI is InChI=1S/C8H12Cl2O/c1-3-8(2,11)6-4-5-7(9)10/h3,5,11H,1,4,6H2,2H3. The van der Waals surface area contributed by atoms with Crippen molar-refractivity contribution in [3.63, 3.8) is 0 Å². The number of aliphatic hydroxyl groups is 1. The molecule has 0 rings (SSSR count). The predicted molar refractivity (Wildman–Crippen MR) is 49.8 cm³/mol. The summed E-state index contributed by atoms with van der Waals surface area (Å²) >= 11 is 10.7. The monoisotopic (exact) mass is 194 g/mol. The van der Waals surface area contributed by atoms with Crippen molar-refractivity contribution < 1.29 is 5.11 Å². The third-order valence-electron chi connectivity index (χ3n) is 1.39. The quantitative estimate of drug-likeness (QED) is 0.683. The SMILES string of the molecule is C=CC(C)(O)CCC=C(Cl)Cl. The molecule has 0 bridgehead atoms. The molecule has 0 amide bonds. The van der Waals surface area contributed by atoms with Gasteiger partial charge in [-0.1, -0.05) is 35.4 Å². The molecule has 0 aliphatic carbocycles. The van der Waals surface area contributed by atoms with Crippen LogP contribution in [0.4, 0.5) is 0 Å². The summed E-state index contributed by atoms with van der Waals surface area (Å²) in [5, 5.41) is 9.40. The van der Waals surface area contributed by atoms with E-state index < -0.39 is 5.60 Å². The molecular formula is C8H12Cl2O. The number of rotatable bonds is 4. The average Bonchev–Trinajstić information content (AvgIpc) is 1.87. The van der Waals surface area contributed by atoms with Crippen LogP contribution in [0.3, 0.4) is 0 Å². The largest absolute Gasteiger partial charge is 0.386 e. The van der Waals surface area contributed by atoms with Crippen LogP contribution in [0.5, 0.6) is 0 Å². The molecule has 0 aromatic heterocycles. The third kappa shape index (κ3) is 6.42. The summed E-state index contributed by atoms with van der Waals surface area (Å²) < 4.78 is 0.241. The Kier molecular flexibility index (Phi) is 4.82. The van der Waals surface area contributed by atoms with Crippen molar-refractivity contribution in [3.8, 4) is 0 Å². The summed E-state index contributed by atoms with van der Waals surface area (Å²) in [6.07, 6.45) is 4.39. The van der Waals surface area contributed by atoms with Crippen molar-refractivity contribution in [1.82, 2.24) is 0 Å². The highest BCUT2D eigenvalue weighted by Crippen LogP contribution is 2.16. The fourth-order valence-electron chi connectivity index (χ4n) is 0.576. The van der Waals surface area contributed by atoms with Gasteiger partial charge in [0.15, 0.2) is 0 Å². The first-order valence-electron chi connectivity index (χ1n) is 3.35. The van der Waals surface area contributed by atoms with Crippen LogP contribution in [-0.2, 0) is 0 Å². The van der Waals surface area contributed by atoms with Gasteiger partial charge in [0.05, 0.1) is 5.60 Å². The van der Waals surface area contributed by atoms with Crippen molar-refractivity contribution in [3.05, 3.63) is 23.2 Å². The van der Waals surface area contributed by atoms with Crippen LogP contribution in [0.2, 0.25) is 0 Å². The second-order valence-electron chi connectivity index (χ2n) is 2.59. The highest BCUT2D eigenvalue weighted by molar-refractivity contribution is 6.55. The minimum Gasteiger partial charge on any atom is -0.386 e. The van der Waals surface area contributed by atoms with Crippen LogP contribution < -0.4 is 0 Å². The summed E-state index contributed by atoms with van der Waals surface area (Å²) in [7, 11) is 0. The minimum atomic E-state index is -0.820. The fourth-order valence-corrected chi connectivity index (χ4v) is 0.794. The fraction of sp³-hybridized carbons (Fsp3) is 0.500. The summed E-state index contributed by atoms with van der Waals surface area (Å²) in [6, 6.07) is 0. The lowest BCUT2D eigenvalue weighted by Gasteiger charge is -2.16. The van der Waals surface area contributed by atoms with E-state index in [9.17, 15) is 5.11 Å². The maximum absolute atomic E-state index is 9.40. The maximum atomic E-state index is 9.40. The molecule has 1 nitrogen and oxygen atoms in total. The molecule has 0 spiro atoms. The normalized spacial score (nSPS) is 15.3. The Labute approximate surface area is 77.3 Å². The van der Waals surface area contributed by atoms with Crippen LogP contribution in [0, 0.1) is 0 Å². The van der Waals surface area contributed by atoms with Crippen molar-refractivity contribution in [2.24, 2.45) is 0 Å². The summed E-state index contributed by atoms with van der Waals surface area (Å²) in [6.45, 7) is 5.18. The van der Waals surface area contributed by atoms with Crippen molar-refractivity contribution in [2.75, 3.05) is 0 Å². The molecule has 0 aliphatic rings. The van der Waals surface area contributed by atoms with Gasteiger partial charge in [0.2, 0.25) is 0 Å². The molecule has 0 saturated heterocycles. The lowest BCUT2D eigenvalue weighted by atomic mass is 10.0. The number of hydrogen-bond acceptors (Lipinski definition) is 1. The minimum absolute atomic E-state index is 0.241. The predicted octanol–water partition coefficient (Wildman–Crippen LogP) is 3.02. The molecule has 0 fully saturated rings. The first-order valence-corrected chi connectivity index (χ1v) is 4.10. The summed E-state index contributed by atoms with van der Waals surface area (Å²) in [5.74, 6) is 0. The van der Waals surface area contributed by atoms with Crippen LogP contribution in [0.1, 0.15) is 19.8 Å². The van der Waals surface area contributed by atoms with E-state index in [0.717, 1.165) is 0 Å². The van der Waals surface area contributed by atoms with Crippen molar-refractivity contribution >= 4 is 23.2 Å². The second-order valence-corrected chi connectivity index (χ2v) is 3.60. The molecule has 0 saturated carbocycles. The first kappa shape index (κ1) is 11.0. The third-order valence-corrected chi connectivity index (χ3v) is 1.70. The van der Waals surface area contributed by atoms with Gasteiger partial charge in [-0.2, -0.15) is 0 Å². The maximum Gasteiger partial charge on any atom is 0.102 e. The molecule has 64 valence electrons. The smallest absolute Gasteiger partial charge is 0.102 e. The number of halogens is 2. The van der Waals surface area contributed by atoms with Gasteiger partial charge in [0.1, 0.15) is 4.49 Å². The molecule has 0 aromatic carbocycles. The summed E-state index contributed by atoms with van der Waals surface area (Å²) in [4.78, 5) is 0. The number of hydrogen-bond donors (Lipinski definition) is 1. The van der Waals surface area contributed by atoms with E-state index in [2.05, 4.69) is 6.58 Å². The summed E-state index contributed by atoms with van der Waals surface area (Å²) in [5.41, 5.74) is -0.820. The Morgan fingerprint density at radius 3 is 2.55 bits per heavy atom. The van der Waals surface area contributed by atoms with E-state index in [1.165, 1.54) is 6.08 Å². The molecule has 0 aromatic rings. The molecular weight excluding hydrogens is 183 g/mol. The first-order chi connectivity index (χ1) is 4.98. The van der Waals surface area contributed by atoms with Crippen LogP contribution >= 0.6 is 23.2 Å². The topological polar surface area (TPSA) is 20.2 Å². The van der Waals surface area contributed by atoms with Gasteiger partial charge in [-0.05, 0) is 19.8 Å². The molecule has 0 heterocycles. The van der Waals surface area contributed by atoms with Crippen molar-refractivity contribution in [2.45, 2.75) is 25.4 Å².